The molecule has 0 saturated heterocycles. The molecule has 0 aromatic heterocycles. The summed E-state index contributed by atoms with van der Waals surface area (Å²) in [5, 5.41) is 6.45. The molecular formula is C14H11Cl2N3OS. The van der Waals surface area contributed by atoms with E-state index in [1.807, 2.05) is 0 Å². The number of hydrogen-bond acceptors (Lipinski definition) is 2. The Labute approximate surface area is 137 Å². The van der Waals surface area contributed by atoms with Gasteiger partial charge in [0.15, 0.2) is 5.11 Å². The lowest BCUT2D eigenvalue weighted by atomic mass is 10.2. The summed E-state index contributed by atoms with van der Waals surface area (Å²) < 4.78 is 0. The predicted molar refractivity (Wildman–Crippen MR) is 91.3 cm³/mol. The number of hydrogen-bond donors (Lipinski definition) is 3. The number of anilines is 2. The molecule has 2 aromatic carbocycles. The lowest BCUT2D eigenvalue weighted by Gasteiger charge is -2.09. The molecule has 7 heteroatoms. The normalized spacial score (nSPS) is 10.0. The molecule has 0 aliphatic rings. The second-order valence-electron chi connectivity index (χ2n) is 4.15. The molecule has 0 aliphatic carbocycles. The Morgan fingerprint density at radius 3 is 2.33 bits per heavy atom. The largest absolute Gasteiger partial charge is 0.376 e. The van der Waals surface area contributed by atoms with Gasteiger partial charge >= 0.3 is 0 Å². The Balaban J connectivity index is 2.17. The van der Waals surface area contributed by atoms with Crippen LogP contribution in [0.25, 0.3) is 0 Å². The summed E-state index contributed by atoms with van der Waals surface area (Å²) in [6.07, 6.45) is 0. The Morgan fingerprint density at radius 2 is 1.71 bits per heavy atom. The minimum atomic E-state index is -0.329. The van der Waals surface area contributed by atoms with E-state index in [-0.39, 0.29) is 16.0 Å². The number of amides is 1. The summed E-state index contributed by atoms with van der Waals surface area (Å²) in [6.45, 7) is 0. The van der Waals surface area contributed by atoms with Gasteiger partial charge in [0.05, 0.1) is 10.6 Å². The van der Waals surface area contributed by atoms with Crippen molar-refractivity contribution >= 4 is 57.8 Å². The number of nitrogens with one attached hydrogen (secondary N) is 2. The average molecular weight is 340 g/mol. The Hall–Kier alpha value is -1.82. The van der Waals surface area contributed by atoms with Crippen molar-refractivity contribution in [2.75, 3.05) is 10.6 Å². The third-order valence-corrected chi connectivity index (χ3v) is 3.21. The highest BCUT2D eigenvalue weighted by molar-refractivity contribution is 7.80. The second-order valence-corrected chi connectivity index (χ2v) is 5.43. The van der Waals surface area contributed by atoms with E-state index >= 15 is 0 Å². The molecule has 2 aromatic rings. The standard InChI is InChI=1S/C14H11Cl2N3OS/c15-8-4-5-11(12(16)6-8)13(20)18-9-2-1-3-10(7-9)19-14(17)21/h1-7H,(H,18,20)(H3,17,19,21). The van der Waals surface area contributed by atoms with Crippen molar-refractivity contribution in [2.24, 2.45) is 5.73 Å². The maximum atomic E-state index is 12.2. The summed E-state index contributed by atoms with van der Waals surface area (Å²) in [6, 6.07) is 11.7. The third-order valence-electron chi connectivity index (χ3n) is 2.56. The van der Waals surface area contributed by atoms with Crippen LogP contribution in [-0.4, -0.2) is 11.0 Å². The van der Waals surface area contributed by atoms with Gasteiger partial charge in [0.2, 0.25) is 0 Å². The van der Waals surface area contributed by atoms with Crippen LogP contribution in [0.15, 0.2) is 42.5 Å². The summed E-state index contributed by atoms with van der Waals surface area (Å²) in [4.78, 5) is 12.2. The number of benzene rings is 2. The molecule has 108 valence electrons. The summed E-state index contributed by atoms with van der Waals surface area (Å²) in [5.74, 6) is -0.329. The zero-order valence-corrected chi connectivity index (χ0v) is 13.0. The third kappa shape index (κ3) is 4.32. The molecule has 0 aliphatic heterocycles. The van der Waals surface area contributed by atoms with Gasteiger partial charge in [-0.25, -0.2) is 0 Å². The SMILES string of the molecule is NC(=S)Nc1cccc(NC(=O)c2ccc(Cl)cc2Cl)c1. The number of rotatable bonds is 3. The lowest BCUT2D eigenvalue weighted by Crippen LogP contribution is -2.19. The Bertz CT molecular complexity index is 706. The number of nitrogens with two attached hydrogens (primary N) is 1. The minimum absolute atomic E-state index is 0.152. The van der Waals surface area contributed by atoms with Crippen molar-refractivity contribution in [2.45, 2.75) is 0 Å². The molecule has 1 amide bonds. The van der Waals surface area contributed by atoms with Gasteiger partial charge in [-0.05, 0) is 48.6 Å². The molecule has 0 saturated carbocycles. The van der Waals surface area contributed by atoms with E-state index in [1.54, 1.807) is 36.4 Å². The van der Waals surface area contributed by atoms with Gasteiger partial charge in [-0.15, -0.1) is 0 Å². The van der Waals surface area contributed by atoms with Crippen LogP contribution in [0.5, 0.6) is 0 Å². The monoisotopic (exact) mass is 339 g/mol. The van der Waals surface area contributed by atoms with E-state index in [2.05, 4.69) is 10.6 Å². The summed E-state index contributed by atoms with van der Waals surface area (Å²) >= 11 is 16.6. The van der Waals surface area contributed by atoms with E-state index in [4.69, 9.17) is 41.2 Å². The minimum Gasteiger partial charge on any atom is -0.376 e. The quantitative estimate of drug-likeness (QED) is 0.742. The van der Waals surface area contributed by atoms with Gasteiger partial charge in [-0.2, -0.15) is 0 Å². The number of carbonyl (C=O) groups is 1. The first kappa shape index (κ1) is 15.6. The van der Waals surface area contributed by atoms with Crippen molar-refractivity contribution in [3.05, 3.63) is 58.1 Å². The topological polar surface area (TPSA) is 67.2 Å². The van der Waals surface area contributed by atoms with Crippen molar-refractivity contribution in [1.29, 1.82) is 0 Å². The van der Waals surface area contributed by atoms with E-state index in [0.717, 1.165) is 0 Å². The molecule has 0 spiro atoms. The first-order valence-electron chi connectivity index (χ1n) is 5.88. The smallest absolute Gasteiger partial charge is 0.257 e. The highest BCUT2D eigenvalue weighted by Crippen LogP contribution is 2.22. The highest BCUT2D eigenvalue weighted by atomic mass is 35.5. The summed E-state index contributed by atoms with van der Waals surface area (Å²) in [5.41, 5.74) is 7.02. The van der Waals surface area contributed by atoms with Crippen LogP contribution >= 0.6 is 35.4 Å². The van der Waals surface area contributed by atoms with Gasteiger partial charge in [0, 0.05) is 16.4 Å². The van der Waals surface area contributed by atoms with E-state index in [9.17, 15) is 4.79 Å². The molecule has 4 nitrogen and oxygen atoms in total. The fourth-order valence-corrected chi connectivity index (χ4v) is 2.30. The van der Waals surface area contributed by atoms with Crippen LogP contribution in [0.1, 0.15) is 10.4 Å². The molecule has 21 heavy (non-hydrogen) atoms. The fourth-order valence-electron chi connectivity index (χ4n) is 1.69. The van der Waals surface area contributed by atoms with E-state index in [0.29, 0.717) is 22.0 Å². The van der Waals surface area contributed by atoms with Crippen molar-refractivity contribution < 1.29 is 4.79 Å². The maximum absolute atomic E-state index is 12.2. The van der Waals surface area contributed by atoms with Crippen LogP contribution in [0.3, 0.4) is 0 Å². The Kier molecular flexibility index (Phi) is 5.01. The van der Waals surface area contributed by atoms with Crippen molar-refractivity contribution in [3.8, 4) is 0 Å². The van der Waals surface area contributed by atoms with Crippen molar-refractivity contribution in [3.63, 3.8) is 0 Å². The molecule has 4 N–H and O–H groups in total. The average Bonchev–Trinajstić information content (AvgIpc) is 2.37. The molecule has 0 bridgehead atoms. The summed E-state index contributed by atoms with van der Waals surface area (Å²) in [7, 11) is 0. The number of carbonyl (C=O) groups excluding carboxylic acids is 1. The van der Waals surface area contributed by atoms with E-state index in [1.165, 1.54) is 6.07 Å². The van der Waals surface area contributed by atoms with Crippen LogP contribution in [0, 0.1) is 0 Å². The van der Waals surface area contributed by atoms with Crippen LogP contribution in [-0.2, 0) is 0 Å². The zero-order valence-electron chi connectivity index (χ0n) is 10.7. The zero-order chi connectivity index (χ0) is 15.4. The second kappa shape index (κ2) is 6.76. The van der Waals surface area contributed by atoms with Crippen molar-refractivity contribution in [1.82, 2.24) is 0 Å². The van der Waals surface area contributed by atoms with Gasteiger partial charge in [0.1, 0.15) is 0 Å². The molecule has 0 unspecified atom stereocenters. The van der Waals surface area contributed by atoms with Gasteiger partial charge in [-0.3, -0.25) is 4.79 Å². The van der Waals surface area contributed by atoms with Crippen LogP contribution in [0.2, 0.25) is 10.0 Å². The lowest BCUT2D eigenvalue weighted by molar-refractivity contribution is 0.102. The first-order valence-corrected chi connectivity index (χ1v) is 7.05. The molecule has 0 atom stereocenters. The van der Waals surface area contributed by atoms with Gasteiger partial charge in [-0.1, -0.05) is 29.3 Å². The first-order chi connectivity index (χ1) is 9.95. The molecule has 0 radical (unpaired) electrons. The fraction of sp³-hybridized carbons (Fsp3) is 0. The number of halogens is 2. The predicted octanol–water partition coefficient (Wildman–Crippen LogP) is 3.90. The number of thiocarbonyl (C=S) groups is 1. The van der Waals surface area contributed by atoms with Gasteiger partial charge in [0.25, 0.3) is 5.91 Å². The highest BCUT2D eigenvalue weighted by Gasteiger charge is 2.11. The van der Waals surface area contributed by atoms with E-state index < -0.39 is 0 Å². The molecular weight excluding hydrogens is 329 g/mol. The van der Waals surface area contributed by atoms with Gasteiger partial charge < -0.3 is 16.4 Å². The van der Waals surface area contributed by atoms with Crippen LogP contribution < -0.4 is 16.4 Å². The van der Waals surface area contributed by atoms with Crippen LogP contribution in [0.4, 0.5) is 11.4 Å². The maximum Gasteiger partial charge on any atom is 0.257 e. The molecule has 2 rings (SSSR count). The molecule has 0 heterocycles. The Morgan fingerprint density at radius 1 is 1.05 bits per heavy atom. The molecule has 0 fully saturated rings.